The molecule has 0 aliphatic heterocycles. The Hall–Kier alpha value is -1.46. The smallest absolute Gasteiger partial charge is 0.166 e. The summed E-state index contributed by atoms with van der Waals surface area (Å²) < 4.78 is 14.3. The van der Waals surface area contributed by atoms with Gasteiger partial charge in [-0.15, -0.1) is 0 Å². The molecule has 19 heavy (non-hydrogen) atoms. The van der Waals surface area contributed by atoms with Crippen molar-refractivity contribution >= 4 is 21.7 Å². The summed E-state index contributed by atoms with van der Waals surface area (Å²) in [5.41, 5.74) is 6.88. The van der Waals surface area contributed by atoms with Crippen LogP contribution in [0.15, 0.2) is 47.1 Å². The molecule has 2 rings (SSSR count). The van der Waals surface area contributed by atoms with Crippen molar-refractivity contribution in [1.29, 1.82) is 0 Å². The summed E-state index contributed by atoms with van der Waals surface area (Å²) in [6.45, 7) is 0.409. The number of anilines is 1. The third-order valence-electron chi connectivity index (χ3n) is 2.76. The number of nitrogens with two attached hydrogens (primary N) is 1. The van der Waals surface area contributed by atoms with Crippen molar-refractivity contribution in [1.82, 2.24) is 4.98 Å². The minimum absolute atomic E-state index is 0.0504. The molecule has 1 aromatic carbocycles. The van der Waals surface area contributed by atoms with Crippen LogP contribution >= 0.6 is 15.9 Å². The van der Waals surface area contributed by atoms with Crippen molar-refractivity contribution in [3.8, 4) is 0 Å². The standard InChI is InChI=1S/C14H15BrFN3/c15-11-7-13(16)14(18-9-11)19-12(8-17)6-10-4-2-1-3-5-10/h1-5,7,9,12H,6,8,17H2,(H,18,19). The van der Waals surface area contributed by atoms with Gasteiger partial charge in [0.05, 0.1) is 0 Å². The third kappa shape index (κ3) is 4.01. The molecule has 0 radical (unpaired) electrons. The van der Waals surface area contributed by atoms with E-state index in [0.717, 1.165) is 12.0 Å². The molecule has 100 valence electrons. The highest BCUT2D eigenvalue weighted by molar-refractivity contribution is 9.10. The molecular formula is C14H15BrFN3. The number of rotatable bonds is 5. The topological polar surface area (TPSA) is 50.9 Å². The lowest BCUT2D eigenvalue weighted by atomic mass is 10.1. The lowest BCUT2D eigenvalue weighted by molar-refractivity contribution is 0.615. The van der Waals surface area contributed by atoms with Gasteiger partial charge in [-0.05, 0) is 34.0 Å². The number of hydrogen-bond donors (Lipinski definition) is 2. The highest BCUT2D eigenvalue weighted by atomic mass is 79.9. The molecule has 3 nitrogen and oxygen atoms in total. The van der Waals surface area contributed by atoms with E-state index in [0.29, 0.717) is 11.0 Å². The summed E-state index contributed by atoms with van der Waals surface area (Å²) >= 11 is 3.18. The van der Waals surface area contributed by atoms with Gasteiger partial charge in [0.2, 0.25) is 0 Å². The zero-order valence-corrected chi connectivity index (χ0v) is 11.9. The molecular weight excluding hydrogens is 309 g/mol. The van der Waals surface area contributed by atoms with Gasteiger partial charge in [0.25, 0.3) is 0 Å². The predicted octanol–water partition coefficient (Wildman–Crippen LogP) is 2.97. The lowest BCUT2D eigenvalue weighted by Gasteiger charge is -2.18. The van der Waals surface area contributed by atoms with E-state index in [-0.39, 0.29) is 17.7 Å². The first kappa shape index (κ1) is 14.0. The van der Waals surface area contributed by atoms with Crippen molar-refractivity contribution in [2.24, 2.45) is 5.73 Å². The second-order valence-corrected chi connectivity index (χ2v) is 5.17. The SMILES string of the molecule is NCC(Cc1ccccc1)Nc1ncc(Br)cc1F. The fourth-order valence-corrected chi connectivity index (χ4v) is 2.11. The highest BCUT2D eigenvalue weighted by Crippen LogP contribution is 2.17. The summed E-state index contributed by atoms with van der Waals surface area (Å²) in [6.07, 6.45) is 2.29. The van der Waals surface area contributed by atoms with Crippen molar-refractivity contribution in [2.45, 2.75) is 12.5 Å². The maximum Gasteiger partial charge on any atom is 0.166 e. The van der Waals surface area contributed by atoms with E-state index in [1.165, 1.54) is 6.07 Å². The number of halogens is 2. The van der Waals surface area contributed by atoms with Gasteiger partial charge in [-0.3, -0.25) is 0 Å². The van der Waals surface area contributed by atoms with Crippen LogP contribution in [0.1, 0.15) is 5.56 Å². The Kier molecular flexibility index (Phi) is 4.87. The van der Waals surface area contributed by atoms with E-state index in [9.17, 15) is 4.39 Å². The molecule has 0 aliphatic carbocycles. The van der Waals surface area contributed by atoms with Gasteiger partial charge in [-0.25, -0.2) is 9.37 Å². The zero-order valence-electron chi connectivity index (χ0n) is 10.3. The van der Waals surface area contributed by atoms with E-state index >= 15 is 0 Å². The first-order valence-electron chi connectivity index (χ1n) is 6.00. The van der Waals surface area contributed by atoms with E-state index in [1.807, 2.05) is 30.3 Å². The molecule has 0 saturated carbocycles. The van der Waals surface area contributed by atoms with Crippen molar-refractivity contribution < 1.29 is 4.39 Å². The molecule has 1 atom stereocenters. The lowest BCUT2D eigenvalue weighted by Crippen LogP contribution is -2.31. The number of nitrogens with zero attached hydrogens (tertiary/aromatic N) is 1. The van der Waals surface area contributed by atoms with Gasteiger partial charge in [0.15, 0.2) is 11.6 Å². The Morgan fingerprint density at radius 1 is 1.32 bits per heavy atom. The van der Waals surface area contributed by atoms with Crippen molar-refractivity contribution in [2.75, 3.05) is 11.9 Å². The van der Waals surface area contributed by atoms with Gasteiger partial charge >= 0.3 is 0 Å². The van der Waals surface area contributed by atoms with Crippen LogP contribution in [0.25, 0.3) is 0 Å². The third-order valence-corrected chi connectivity index (χ3v) is 3.19. The first-order chi connectivity index (χ1) is 9.19. The maximum absolute atomic E-state index is 13.7. The Morgan fingerprint density at radius 3 is 2.68 bits per heavy atom. The Bertz CT molecular complexity index is 533. The molecule has 0 bridgehead atoms. The van der Waals surface area contributed by atoms with E-state index in [1.54, 1.807) is 6.20 Å². The number of pyridine rings is 1. The Morgan fingerprint density at radius 2 is 2.05 bits per heavy atom. The second-order valence-electron chi connectivity index (χ2n) is 4.25. The van der Waals surface area contributed by atoms with Crippen LogP contribution in [-0.4, -0.2) is 17.6 Å². The number of hydrogen-bond acceptors (Lipinski definition) is 3. The van der Waals surface area contributed by atoms with Crippen LogP contribution in [0.5, 0.6) is 0 Å². The molecule has 3 N–H and O–H groups in total. The molecule has 1 aromatic heterocycles. The number of benzene rings is 1. The molecule has 5 heteroatoms. The van der Waals surface area contributed by atoms with Crippen molar-refractivity contribution in [3.63, 3.8) is 0 Å². The minimum Gasteiger partial charge on any atom is -0.363 e. The maximum atomic E-state index is 13.7. The zero-order chi connectivity index (χ0) is 13.7. The summed E-state index contributed by atoms with van der Waals surface area (Å²) in [7, 11) is 0. The van der Waals surface area contributed by atoms with E-state index in [2.05, 4.69) is 26.2 Å². The molecule has 0 spiro atoms. The van der Waals surface area contributed by atoms with Crippen LogP contribution in [0.3, 0.4) is 0 Å². The van der Waals surface area contributed by atoms with Crippen LogP contribution in [-0.2, 0) is 6.42 Å². The van der Waals surface area contributed by atoms with Gasteiger partial charge < -0.3 is 11.1 Å². The van der Waals surface area contributed by atoms with Crippen LogP contribution < -0.4 is 11.1 Å². The fraction of sp³-hybridized carbons (Fsp3) is 0.214. The summed E-state index contributed by atoms with van der Waals surface area (Å²) in [5.74, 6) is -0.157. The normalized spacial score (nSPS) is 12.2. The minimum atomic E-state index is -0.388. The average Bonchev–Trinajstić information content (AvgIpc) is 2.42. The molecule has 2 aromatic rings. The van der Waals surface area contributed by atoms with Gasteiger partial charge in [-0.2, -0.15) is 0 Å². The van der Waals surface area contributed by atoms with Crippen LogP contribution in [0.2, 0.25) is 0 Å². The van der Waals surface area contributed by atoms with Gasteiger partial charge in [-0.1, -0.05) is 30.3 Å². The summed E-state index contributed by atoms with van der Waals surface area (Å²) in [6, 6.07) is 11.3. The first-order valence-corrected chi connectivity index (χ1v) is 6.80. The number of aromatic nitrogens is 1. The molecule has 0 saturated heterocycles. The monoisotopic (exact) mass is 323 g/mol. The fourth-order valence-electron chi connectivity index (χ4n) is 1.81. The van der Waals surface area contributed by atoms with E-state index in [4.69, 9.17) is 5.73 Å². The molecule has 0 fully saturated rings. The molecule has 1 unspecified atom stereocenters. The predicted molar refractivity (Wildman–Crippen MR) is 78.5 cm³/mol. The Labute approximate surface area is 120 Å². The summed E-state index contributed by atoms with van der Waals surface area (Å²) in [4.78, 5) is 4.02. The average molecular weight is 324 g/mol. The Balaban J connectivity index is 2.06. The van der Waals surface area contributed by atoms with Crippen molar-refractivity contribution in [3.05, 3.63) is 58.4 Å². The largest absolute Gasteiger partial charge is 0.363 e. The highest BCUT2D eigenvalue weighted by Gasteiger charge is 2.11. The quantitative estimate of drug-likeness (QED) is 0.889. The molecule has 1 heterocycles. The second kappa shape index (κ2) is 6.63. The number of nitrogens with one attached hydrogen (secondary N) is 1. The van der Waals surface area contributed by atoms with E-state index < -0.39 is 0 Å². The molecule has 0 amide bonds. The van der Waals surface area contributed by atoms with Gasteiger partial charge in [0.1, 0.15) is 0 Å². The molecule has 0 aliphatic rings. The van der Waals surface area contributed by atoms with Crippen LogP contribution in [0, 0.1) is 5.82 Å². The van der Waals surface area contributed by atoms with Gasteiger partial charge in [0, 0.05) is 23.3 Å². The van der Waals surface area contributed by atoms with Crippen LogP contribution in [0.4, 0.5) is 10.2 Å². The summed E-state index contributed by atoms with van der Waals surface area (Å²) in [5, 5.41) is 3.04.